The van der Waals surface area contributed by atoms with Crippen molar-refractivity contribution in [2.24, 2.45) is 0 Å². The van der Waals surface area contributed by atoms with Crippen LogP contribution in [0.2, 0.25) is 0 Å². The lowest BCUT2D eigenvalue weighted by atomic mass is 10.1. The zero-order valence-corrected chi connectivity index (χ0v) is 11.7. The summed E-state index contributed by atoms with van der Waals surface area (Å²) in [5.74, 6) is -0.927. The first kappa shape index (κ1) is 15.7. The van der Waals surface area contributed by atoms with Crippen LogP contribution in [-0.2, 0) is 4.74 Å². The predicted molar refractivity (Wildman–Crippen MR) is 71.4 cm³/mol. The number of hydrogen-bond donors (Lipinski definition) is 1. The smallest absolute Gasteiger partial charge is 0.258 e. The molecule has 1 atom stereocenters. The lowest BCUT2D eigenvalue weighted by Gasteiger charge is -2.11. The Labute approximate surface area is 116 Å². The van der Waals surface area contributed by atoms with Gasteiger partial charge in [0.1, 0.15) is 17.1 Å². The van der Waals surface area contributed by atoms with E-state index in [1.807, 2.05) is 0 Å². The number of nitrogens with one attached hydrogen (secondary N) is 1. The molecule has 0 aromatic heterocycles. The van der Waals surface area contributed by atoms with Gasteiger partial charge >= 0.3 is 0 Å². The summed E-state index contributed by atoms with van der Waals surface area (Å²) in [7, 11) is 2.94. The zero-order chi connectivity index (χ0) is 14.3. The topological polar surface area (TPSA) is 47.6 Å². The molecule has 0 aliphatic rings. The van der Waals surface area contributed by atoms with Crippen LogP contribution >= 0.6 is 11.6 Å². The summed E-state index contributed by atoms with van der Waals surface area (Å²) in [5.41, 5.74) is -0.0946. The van der Waals surface area contributed by atoms with Crippen LogP contribution < -0.4 is 10.1 Å². The molecule has 0 heterocycles. The Morgan fingerprint density at radius 2 is 2.21 bits per heavy atom. The van der Waals surface area contributed by atoms with Gasteiger partial charge in [-0.05, 0) is 18.6 Å². The molecule has 19 heavy (non-hydrogen) atoms. The normalized spacial score (nSPS) is 12.0. The molecule has 0 bridgehead atoms. The van der Waals surface area contributed by atoms with Crippen molar-refractivity contribution in [1.82, 2.24) is 5.32 Å². The van der Waals surface area contributed by atoms with Gasteiger partial charge in [-0.2, -0.15) is 0 Å². The lowest BCUT2D eigenvalue weighted by Crippen LogP contribution is -2.28. The number of carbonyl (C=O) groups excluding carboxylic acids is 1. The van der Waals surface area contributed by atoms with Crippen molar-refractivity contribution in [2.75, 3.05) is 27.4 Å². The molecule has 0 saturated carbocycles. The molecule has 6 heteroatoms. The third-order valence-corrected chi connectivity index (χ3v) is 2.86. The first-order valence-electron chi connectivity index (χ1n) is 5.83. The van der Waals surface area contributed by atoms with Crippen LogP contribution in [0, 0.1) is 5.82 Å². The number of alkyl halides is 1. The van der Waals surface area contributed by atoms with E-state index in [-0.39, 0.29) is 16.7 Å². The van der Waals surface area contributed by atoms with Gasteiger partial charge in [0.05, 0.1) is 19.1 Å². The van der Waals surface area contributed by atoms with E-state index >= 15 is 0 Å². The summed E-state index contributed by atoms with van der Waals surface area (Å²) >= 11 is 5.93. The Kier molecular flexibility index (Phi) is 6.59. The number of ether oxygens (including phenoxy) is 2. The predicted octanol–water partition coefficient (Wildman–Crippen LogP) is 2.21. The number of benzene rings is 1. The van der Waals surface area contributed by atoms with Gasteiger partial charge in [-0.1, -0.05) is 6.07 Å². The maximum absolute atomic E-state index is 13.6. The Morgan fingerprint density at radius 1 is 1.47 bits per heavy atom. The SMILES string of the molecule is COCC(Cl)CCNC(=O)c1c(F)cccc1OC. The van der Waals surface area contributed by atoms with Crippen molar-refractivity contribution < 1.29 is 18.7 Å². The summed E-state index contributed by atoms with van der Waals surface area (Å²) in [6.45, 7) is 0.744. The van der Waals surface area contributed by atoms with Crippen LogP contribution in [0.15, 0.2) is 18.2 Å². The minimum Gasteiger partial charge on any atom is -0.496 e. The molecule has 0 aliphatic carbocycles. The van der Waals surface area contributed by atoms with Gasteiger partial charge < -0.3 is 14.8 Å². The van der Waals surface area contributed by atoms with Gasteiger partial charge in [-0.15, -0.1) is 11.6 Å². The second kappa shape index (κ2) is 7.96. The molecule has 0 saturated heterocycles. The van der Waals surface area contributed by atoms with Gasteiger partial charge in [-0.3, -0.25) is 4.79 Å². The van der Waals surface area contributed by atoms with Crippen molar-refractivity contribution in [2.45, 2.75) is 11.8 Å². The number of methoxy groups -OCH3 is 2. The van der Waals surface area contributed by atoms with Crippen LogP contribution in [0.25, 0.3) is 0 Å². The second-order valence-corrected chi connectivity index (χ2v) is 4.53. The van der Waals surface area contributed by atoms with E-state index < -0.39 is 11.7 Å². The average Bonchev–Trinajstić information content (AvgIpc) is 2.38. The molecule has 1 unspecified atom stereocenters. The number of amides is 1. The maximum atomic E-state index is 13.6. The molecule has 1 amide bonds. The molecular weight excluding hydrogens is 273 g/mol. The highest BCUT2D eigenvalue weighted by Gasteiger charge is 2.17. The molecule has 1 aromatic carbocycles. The molecular formula is C13H17ClFNO3. The highest BCUT2D eigenvalue weighted by atomic mass is 35.5. The van der Waals surface area contributed by atoms with Crippen LogP contribution in [-0.4, -0.2) is 38.7 Å². The van der Waals surface area contributed by atoms with Crippen molar-refractivity contribution in [3.8, 4) is 5.75 Å². The Hall–Kier alpha value is -1.33. The van der Waals surface area contributed by atoms with E-state index in [2.05, 4.69) is 5.32 Å². The molecule has 106 valence electrons. The van der Waals surface area contributed by atoms with E-state index in [0.717, 1.165) is 0 Å². The minimum atomic E-state index is -0.615. The lowest BCUT2D eigenvalue weighted by molar-refractivity contribution is 0.0944. The molecule has 1 aromatic rings. The van der Waals surface area contributed by atoms with Gasteiger partial charge in [0.25, 0.3) is 5.91 Å². The van der Waals surface area contributed by atoms with Gasteiger partial charge in [-0.25, -0.2) is 4.39 Å². The second-order valence-electron chi connectivity index (χ2n) is 3.91. The minimum absolute atomic E-state index is 0.0946. The molecule has 0 spiro atoms. The summed E-state index contributed by atoms with van der Waals surface area (Å²) in [6.07, 6.45) is 0.540. The van der Waals surface area contributed by atoms with Crippen molar-refractivity contribution in [3.63, 3.8) is 0 Å². The molecule has 1 N–H and O–H groups in total. The summed E-state index contributed by atoms with van der Waals surface area (Å²) in [4.78, 5) is 11.9. The number of hydrogen-bond acceptors (Lipinski definition) is 3. The van der Waals surface area contributed by atoms with Crippen molar-refractivity contribution in [1.29, 1.82) is 0 Å². The third-order valence-electron chi connectivity index (χ3n) is 2.51. The molecule has 0 radical (unpaired) electrons. The van der Waals surface area contributed by atoms with Crippen LogP contribution in [0.5, 0.6) is 5.75 Å². The van der Waals surface area contributed by atoms with Gasteiger partial charge in [0.15, 0.2) is 0 Å². The monoisotopic (exact) mass is 289 g/mol. The van der Waals surface area contributed by atoms with E-state index in [1.54, 1.807) is 7.11 Å². The summed E-state index contributed by atoms with van der Waals surface area (Å²) in [5, 5.41) is 2.42. The molecule has 4 nitrogen and oxygen atoms in total. The van der Waals surface area contributed by atoms with Gasteiger partial charge in [0, 0.05) is 13.7 Å². The molecule has 1 rings (SSSR count). The Balaban J connectivity index is 2.59. The van der Waals surface area contributed by atoms with Crippen molar-refractivity contribution >= 4 is 17.5 Å². The maximum Gasteiger partial charge on any atom is 0.258 e. The third kappa shape index (κ3) is 4.69. The number of rotatable bonds is 7. The van der Waals surface area contributed by atoms with Crippen LogP contribution in [0.1, 0.15) is 16.8 Å². The highest BCUT2D eigenvalue weighted by molar-refractivity contribution is 6.20. The number of carbonyl (C=O) groups is 1. The number of halogens is 2. The van der Waals surface area contributed by atoms with Crippen LogP contribution in [0.3, 0.4) is 0 Å². The highest BCUT2D eigenvalue weighted by Crippen LogP contribution is 2.20. The van der Waals surface area contributed by atoms with E-state index in [1.165, 1.54) is 25.3 Å². The van der Waals surface area contributed by atoms with Crippen LogP contribution in [0.4, 0.5) is 4.39 Å². The fourth-order valence-corrected chi connectivity index (χ4v) is 1.82. The first-order chi connectivity index (χ1) is 9.10. The van der Waals surface area contributed by atoms with Gasteiger partial charge in [0.2, 0.25) is 0 Å². The Bertz CT molecular complexity index is 428. The first-order valence-corrected chi connectivity index (χ1v) is 6.27. The van der Waals surface area contributed by atoms with Crippen molar-refractivity contribution in [3.05, 3.63) is 29.6 Å². The van der Waals surface area contributed by atoms with E-state index in [9.17, 15) is 9.18 Å². The summed E-state index contributed by atoms with van der Waals surface area (Å²) in [6, 6.07) is 4.23. The zero-order valence-electron chi connectivity index (χ0n) is 10.9. The summed E-state index contributed by atoms with van der Waals surface area (Å²) < 4.78 is 23.5. The molecule has 0 aliphatic heterocycles. The van der Waals surface area contributed by atoms with E-state index in [0.29, 0.717) is 19.6 Å². The fraction of sp³-hybridized carbons (Fsp3) is 0.462. The quantitative estimate of drug-likeness (QED) is 0.783. The fourth-order valence-electron chi connectivity index (χ4n) is 1.59. The standard InChI is InChI=1S/C13H17ClFNO3/c1-18-8-9(14)6-7-16-13(17)12-10(15)4-3-5-11(12)19-2/h3-5,9H,6-8H2,1-2H3,(H,16,17). The largest absolute Gasteiger partial charge is 0.496 e. The Morgan fingerprint density at radius 3 is 2.84 bits per heavy atom. The molecule has 0 fully saturated rings. The average molecular weight is 290 g/mol. The van der Waals surface area contributed by atoms with E-state index in [4.69, 9.17) is 21.1 Å².